The van der Waals surface area contributed by atoms with Gasteiger partial charge in [-0.3, -0.25) is 0 Å². The van der Waals surface area contributed by atoms with Gasteiger partial charge < -0.3 is 4.74 Å². The van der Waals surface area contributed by atoms with E-state index in [1.165, 1.54) is 6.07 Å². The van der Waals surface area contributed by atoms with Gasteiger partial charge >= 0.3 is 0 Å². The molecule has 0 heterocycles. The van der Waals surface area contributed by atoms with Crippen LogP contribution in [0.15, 0.2) is 27.6 Å². The molecule has 0 unspecified atom stereocenters. The van der Waals surface area contributed by atoms with Crippen LogP contribution >= 0.6 is 15.9 Å². The summed E-state index contributed by atoms with van der Waals surface area (Å²) in [7, 11) is -3.63. The van der Waals surface area contributed by atoms with E-state index in [1.807, 2.05) is 6.92 Å². The zero-order valence-corrected chi connectivity index (χ0v) is 12.8. The summed E-state index contributed by atoms with van der Waals surface area (Å²) in [5, 5.41) is 0. The standard InChI is InChI=1S/C12H15BrFNO3S/c1-2-18-10-6-9(7-10)15-19(16,17)12-4-3-8(14)5-11(12)13/h3-5,9-10,15H,2,6-7H2,1H3. The van der Waals surface area contributed by atoms with Crippen molar-refractivity contribution in [3.8, 4) is 0 Å². The summed E-state index contributed by atoms with van der Waals surface area (Å²) in [5.41, 5.74) is 0. The van der Waals surface area contributed by atoms with Crippen molar-refractivity contribution < 1.29 is 17.5 Å². The number of ether oxygens (including phenoxy) is 1. The number of halogens is 2. The van der Waals surface area contributed by atoms with Crippen molar-refractivity contribution in [2.45, 2.75) is 36.8 Å². The van der Waals surface area contributed by atoms with Crippen LogP contribution in [0.1, 0.15) is 19.8 Å². The second-order valence-corrected chi connectivity index (χ2v) is 6.98. The molecule has 1 aliphatic carbocycles. The Morgan fingerprint density at radius 3 is 2.74 bits per heavy atom. The molecule has 0 amide bonds. The molecule has 0 saturated heterocycles. The summed E-state index contributed by atoms with van der Waals surface area (Å²) in [5.74, 6) is -0.481. The van der Waals surface area contributed by atoms with Gasteiger partial charge in [0.15, 0.2) is 0 Å². The molecule has 0 bridgehead atoms. The second kappa shape index (κ2) is 5.87. The summed E-state index contributed by atoms with van der Waals surface area (Å²) in [6, 6.07) is 3.40. The first kappa shape index (κ1) is 14.9. The maximum absolute atomic E-state index is 12.9. The lowest BCUT2D eigenvalue weighted by Crippen LogP contribution is -2.47. The van der Waals surface area contributed by atoms with Gasteiger partial charge in [0.05, 0.1) is 11.0 Å². The molecular formula is C12H15BrFNO3S. The maximum Gasteiger partial charge on any atom is 0.241 e. The minimum atomic E-state index is -3.63. The van der Waals surface area contributed by atoms with Crippen LogP contribution in [0.5, 0.6) is 0 Å². The molecule has 0 aromatic heterocycles. The van der Waals surface area contributed by atoms with Gasteiger partial charge in [0.25, 0.3) is 0 Å². The zero-order chi connectivity index (χ0) is 14.0. The molecule has 1 aliphatic rings. The topological polar surface area (TPSA) is 55.4 Å². The smallest absolute Gasteiger partial charge is 0.241 e. The summed E-state index contributed by atoms with van der Waals surface area (Å²) < 4.78 is 45.4. The molecule has 1 aromatic carbocycles. The SMILES string of the molecule is CCOC1CC(NS(=O)(=O)c2ccc(F)cc2Br)C1. The van der Waals surface area contributed by atoms with Crippen molar-refractivity contribution in [1.82, 2.24) is 4.72 Å². The van der Waals surface area contributed by atoms with Crippen LogP contribution in [-0.2, 0) is 14.8 Å². The molecule has 1 fully saturated rings. The Morgan fingerprint density at radius 1 is 1.47 bits per heavy atom. The van der Waals surface area contributed by atoms with E-state index < -0.39 is 15.8 Å². The van der Waals surface area contributed by atoms with Gasteiger partial charge in [-0.1, -0.05) is 0 Å². The minimum Gasteiger partial charge on any atom is -0.378 e. The first-order chi connectivity index (χ1) is 8.92. The van der Waals surface area contributed by atoms with E-state index in [1.54, 1.807) is 0 Å². The number of rotatable bonds is 5. The Balaban J connectivity index is 2.03. The van der Waals surface area contributed by atoms with Crippen LogP contribution in [-0.4, -0.2) is 27.2 Å². The van der Waals surface area contributed by atoms with Crippen LogP contribution in [0.25, 0.3) is 0 Å². The normalized spacial score (nSPS) is 23.1. The quantitative estimate of drug-likeness (QED) is 0.886. The van der Waals surface area contributed by atoms with E-state index in [2.05, 4.69) is 20.7 Å². The molecule has 1 saturated carbocycles. The first-order valence-electron chi connectivity index (χ1n) is 6.01. The fourth-order valence-electron chi connectivity index (χ4n) is 2.01. The molecule has 19 heavy (non-hydrogen) atoms. The van der Waals surface area contributed by atoms with Crippen molar-refractivity contribution >= 4 is 26.0 Å². The van der Waals surface area contributed by atoms with Crippen molar-refractivity contribution in [2.75, 3.05) is 6.61 Å². The lowest BCUT2D eigenvalue weighted by atomic mass is 9.90. The number of benzene rings is 1. The highest BCUT2D eigenvalue weighted by atomic mass is 79.9. The Kier molecular flexibility index (Phi) is 4.60. The van der Waals surface area contributed by atoms with Gasteiger partial charge in [-0.25, -0.2) is 17.5 Å². The molecule has 0 radical (unpaired) electrons. The van der Waals surface area contributed by atoms with Crippen LogP contribution in [0.2, 0.25) is 0 Å². The van der Waals surface area contributed by atoms with Gasteiger partial charge in [0, 0.05) is 17.1 Å². The monoisotopic (exact) mass is 351 g/mol. The highest BCUT2D eigenvalue weighted by Crippen LogP contribution is 2.27. The average molecular weight is 352 g/mol. The van der Waals surface area contributed by atoms with Crippen LogP contribution < -0.4 is 4.72 Å². The molecule has 1 N–H and O–H groups in total. The largest absolute Gasteiger partial charge is 0.378 e. The lowest BCUT2D eigenvalue weighted by molar-refractivity contribution is -0.00476. The molecule has 106 valence electrons. The van der Waals surface area contributed by atoms with E-state index in [4.69, 9.17) is 4.74 Å². The Hall–Kier alpha value is -0.500. The fraction of sp³-hybridized carbons (Fsp3) is 0.500. The number of hydrogen-bond acceptors (Lipinski definition) is 3. The maximum atomic E-state index is 12.9. The minimum absolute atomic E-state index is 0.0498. The third kappa shape index (κ3) is 3.53. The molecule has 1 aromatic rings. The van der Waals surface area contributed by atoms with Gasteiger partial charge in [-0.2, -0.15) is 0 Å². The third-order valence-corrected chi connectivity index (χ3v) is 5.50. The van der Waals surface area contributed by atoms with Crippen LogP contribution in [0.3, 0.4) is 0 Å². The summed E-state index contributed by atoms with van der Waals surface area (Å²) in [4.78, 5) is 0.0498. The number of sulfonamides is 1. The molecule has 0 spiro atoms. The van der Waals surface area contributed by atoms with E-state index in [9.17, 15) is 12.8 Å². The summed E-state index contributed by atoms with van der Waals surface area (Å²) >= 11 is 3.07. The first-order valence-corrected chi connectivity index (χ1v) is 8.29. The Bertz CT molecular complexity index is 558. The Labute approximate surface area is 120 Å². The summed E-state index contributed by atoms with van der Waals surface area (Å²) in [6.45, 7) is 2.54. The molecular weight excluding hydrogens is 337 g/mol. The zero-order valence-electron chi connectivity index (χ0n) is 10.4. The van der Waals surface area contributed by atoms with E-state index in [-0.39, 0.29) is 21.5 Å². The molecule has 2 rings (SSSR count). The van der Waals surface area contributed by atoms with Gasteiger partial charge in [-0.15, -0.1) is 0 Å². The van der Waals surface area contributed by atoms with E-state index >= 15 is 0 Å². The van der Waals surface area contributed by atoms with Gasteiger partial charge in [0.1, 0.15) is 5.82 Å². The third-order valence-electron chi connectivity index (χ3n) is 3.00. The Morgan fingerprint density at radius 2 is 2.16 bits per heavy atom. The van der Waals surface area contributed by atoms with Crippen molar-refractivity contribution in [3.63, 3.8) is 0 Å². The second-order valence-electron chi connectivity index (χ2n) is 4.44. The predicted molar refractivity (Wildman–Crippen MR) is 72.9 cm³/mol. The van der Waals surface area contributed by atoms with E-state index in [0.717, 1.165) is 12.1 Å². The highest BCUT2D eigenvalue weighted by Gasteiger charge is 2.33. The fourth-order valence-corrected chi connectivity index (χ4v) is 4.32. The van der Waals surface area contributed by atoms with Gasteiger partial charge in [0.2, 0.25) is 10.0 Å². The van der Waals surface area contributed by atoms with Crippen LogP contribution in [0.4, 0.5) is 4.39 Å². The number of nitrogens with one attached hydrogen (secondary N) is 1. The predicted octanol–water partition coefficient (Wildman–Crippen LogP) is 2.43. The molecule has 7 heteroatoms. The van der Waals surface area contributed by atoms with E-state index in [0.29, 0.717) is 19.4 Å². The highest BCUT2D eigenvalue weighted by molar-refractivity contribution is 9.10. The van der Waals surface area contributed by atoms with Crippen molar-refractivity contribution in [3.05, 3.63) is 28.5 Å². The van der Waals surface area contributed by atoms with Gasteiger partial charge in [-0.05, 0) is 53.9 Å². The molecule has 0 aliphatic heterocycles. The summed E-state index contributed by atoms with van der Waals surface area (Å²) in [6.07, 6.45) is 1.48. The lowest BCUT2D eigenvalue weighted by Gasteiger charge is -2.35. The molecule has 0 atom stereocenters. The van der Waals surface area contributed by atoms with Crippen LogP contribution in [0, 0.1) is 5.82 Å². The van der Waals surface area contributed by atoms with Crippen molar-refractivity contribution in [1.29, 1.82) is 0 Å². The molecule has 4 nitrogen and oxygen atoms in total. The van der Waals surface area contributed by atoms with Crippen molar-refractivity contribution in [2.24, 2.45) is 0 Å². The average Bonchev–Trinajstić information content (AvgIpc) is 2.25. The number of hydrogen-bond donors (Lipinski definition) is 1.